The van der Waals surface area contributed by atoms with Gasteiger partial charge in [-0.2, -0.15) is 0 Å². The molecule has 0 bridgehead atoms. The average molecular weight is 379 g/mol. The zero-order chi connectivity index (χ0) is 19.5. The van der Waals surface area contributed by atoms with Crippen molar-refractivity contribution in [3.63, 3.8) is 0 Å². The molecule has 1 aromatic rings. The van der Waals surface area contributed by atoms with Crippen LogP contribution in [-0.2, 0) is 9.53 Å². The fourth-order valence-electron chi connectivity index (χ4n) is 3.23. The van der Waals surface area contributed by atoms with Crippen molar-refractivity contribution in [3.8, 4) is 5.75 Å². The molecule has 0 aromatic heterocycles. The van der Waals surface area contributed by atoms with Crippen LogP contribution in [0, 0.1) is 23.1 Å². The largest absolute Gasteiger partial charge is 0.491 e. The number of hydrogen-bond donors (Lipinski definition) is 3. The van der Waals surface area contributed by atoms with Crippen molar-refractivity contribution in [1.82, 2.24) is 10.6 Å². The predicted molar refractivity (Wildman–Crippen MR) is 103 cm³/mol. The molecule has 27 heavy (non-hydrogen) atoms. The summed E-state index contributed by atoms with van der Waals surface area (Å²) in [6, 6.07) is 5.96. The van der Waals surface area contributed by atoms with Crippen LogP contribution in [0.2, 0.25) is 0 Å². The van der Waals surface area contributed by atoms with Gasteiger partial charge in [-0.1, -0.05) is 0 Å². The van der Waals surface area contributed by atoms with E-state index in [1.54, 1.807) is 19.2 Å². The Labute approximate surface area is 160 Å². The zero-order valence-electron chi connectivity index (χ0n) is 15.9. The van der Waals surface area contributed by atoms with Gasteiger partial charge < -0.3 is 25.5 Å². The number of carbonyl (C=O) groups is 1. The number of nitrogens with one attached hydrogen (secondary N) is 3. The Kier molecular flexibility index (Phi) is 9.21. The van der Waals surface area contributed by atoms with Gasteiger partial charge in [0.15, 0.2) is 0 Å². The second-order valence-corrected chi connectivity index (χ2v) is 6.89. The molecule has 1 fully saturated rings. The monoisotopic (exact) mass is 379 g/mol. The highest BCUT2D eigenvalue weighted by molar-refractivity contribution is 5.92. The molecule has 3 N–H and O–H groups in total. The summed E-state index contributed by atoms with van der Waals surface area (Å²) in [4.78, 5) is 12.0. The summed E-state index contributed by atoms with van der Waals surface area (Å²) in [5, 5.41) is 13.2. The minimum atomic E-state index is -0.407. The highest BCUT2D eigenvalue weighted by Crippen LogP contribution is 2.25. The maximum Gasteiger partial charge on any atom is 0.229 e. The van der Waals surface area contributed by atoms with E-state index in [9.17, 15) is 9.18 Å². The summed E-state index contributed by atoms with van der Waals surface area (Å²) in [5.41, 5.74) is 0. The maximum atomic E-state index is 12.8. The van der Waals surface area contributed by atoms with Crippen molar-refractivity contribution in [2.45, 2.75) is 31.8 Å². The summed E-state index contributed by atoms with van der Waals surface area (Å²) >= 11 is 0. The van der Waals surface area contributed by atoms with Gasteiger partial charge in [0.25, 0.3) is 0 Å². The van der Waals surface area contributed by atoms with E-state index in [4.69, 9.17) is 14.9 Å². The molecule has 0 spiro atoms. The molecule has 1 aromatic carbocycles. The highest BCUT2D eigenvalue weighted by Gasteiger charge is 2.23. The molecular weight excluding hydrogens is 349 g/mol. The van der Waals surface area contributed by atoms with Gasteiger partial charge in [-0.3, -0.25) is 4.79 Å². The fourth-order valence-corrected chi connectivity index (χ4v) is 3.23. The van der Waals surface area contributed by atoms with Gasteiger partial charge in [0.05, 0.1) is 18.6 Å². The smallest absolute Gasteiger partial charge is 0.229 e. The van der Waals surface area contributed by atoms with Gasteiger partial charge in [-0.15, -0.1) is 0 Å². The molecule has 0 aliphatic heterocycles. The maximum absolute atomic E-state index is 12.8. The minimum absolute atomic E-state index is 0.0873. The quantitative estimate of drug-likeness (QED) is 0.407. The molecular formula is C20H30FN3O3. The molecule has 150 valence electrons. The summed E-state index contributed by atoms with van der Waals surface area (Å²) < 4.78 is 24.2. The lowest BCUT2D eigenvalue weighted by atomic mass is 9.87. The van der Waals surface area contributed by atoms with E-state index < -0.39 is 5.92 Å². The van der Waals surface area contributed by atoms with Crippen LogP contribution in [0.4, 0.5) is 4.39 Å². The number of hydrogen-bond acceptors (Lipinski definition) is 5. The Hall–Kier alpha value is -1.99. The third-order valence-corrected chi connectivity index (χ3v) is 4.84. The van der Waals surface area contributed by atoms with Crippen LogP contribution in [0.1, 0.15) is 25.7 Å². The normalized spacial score (nSPS) is 20.7. The lowest BCUT2D eigenvalue weighted by molar-refractivity contribution is -0.123. The summed E-state index contributed by atoms with van der Waals surface area (Å²) in [6.45, 7) is 2.09. The van der Waals surface area contributed by atoms with Crippen LogP contribution in [0.5, 0.6) is 5.75 Å². The first-order valence-corrected chi connectivity index (χ1v) is 9.55. The SMILES string of the molecule is CNCC(C=N)C(=O)NC[C@H]1CC[C@@H](OCCOc2ccc(F)cc2)CC1. The molecule has 1 saturated carbocycles. The van der Waals surface area contributed by atoms with Crippen LogP contribution in [-0.4, -0.2) is 51.6 Å². The average Bonchev–Trinajstić information content (AvgIpc) is 2.69. The van der Waals surface area contributed by atoms with E-state index >= 15 is 0 Å². The van der Waals surface area contributed by atoms with Crippen molar-refractivity contribution >= 4 is 12.1 Å². The van der Waals surface area contributed by atoms with E-state index in [0.717, 1.165) is 25.7 Å². The first-order valence-electron chi connectivity index (χ1n) is 9.55. The van der Waals surface area contributed by atoms with Gasteiger partial charge in [-0.25, -0.2) is 4.39 Å². The highest BCUT2D eigenvalue weighted by atomic mass is 19.1. The third kappa shape index (κ3) is 7.64. The van der Waals surface area contributed by atoms with Crippen molar-refractivity contribution in [2.75, 3.05) is 33.4 Å². The lowest BCUT2D eigenvalue weighted by Gasteiger charge is -2.29. The van der Waals surface area contributed by atoms with Gasteiger partial charge in [0.2, 0.25) is 5.91 Å². The van der Waals surface area contributed by atoms with Crippen LogP contribution < -0.4 is 15.4 Å². The van der Waals surface area contributed by atoms with Crippen molar-refractivity contribution in [1.29, 1.82) is 5.41 Å². The Morgan fingerprint density at radius 3 is 2.59 bits per heavy atom. The standard InChI is InChI=1S/C20H30FN3O3/c1-23-14-16(12-22)20(25)24-13-15-2-6-18(7-3-15)26-10-11-27-19-8-4-17(21)5-9-19/h4-5,8-9,12,15-16,18,22-23H,2-3,6-7,10-11,13-14H2,1H3,(H,24,25)/t15-,16?,18+. The topological polar surface area (TPSA) is 83.4 Å². The molecule has 1 atom stereocenters. The zero-order valence-corrected chi connectivity index (χ0v) is 15.9. The molecule has 0 heterocycles. The van der Waals surface area contributed by atoms with Crippen LogP contribution in [0.3, 0.4) is 0 Å². The number of amides is 1. The molecule has 6 nitrogen and oxygen atoms in total. The van der Waals surface area contributed by atoms with Crippen LogP contribution in [0.25, 0.3) is 0 Å². The van der Waals surface area contributed by atoms with E-state index in [1.165, 1.54) is 18.3 Å². The minimum Gasteiger partial charge on any atom is -0.491 e. The summed E-state index contributed by atoms with van der Waals surface area (Å²) in [5.74, 6) is 0.333. The summed E-state index contributed by atoms with van der Waals surface area (Å²) in [6.07, 6.45) is 5.40. The van der Waals surface area contributed by atoms with Crippen LogP contribution in [0.15, 0.2) is 24.3 Å². The number of rotatable bonds is 11. The van der Waals surface area contributed by atoms with Gasteiger partial charge >= 0.3 is 0 Å². The number of ether oxygens (including phenoxy) is 2. The number of benzene rings is 1. The fraction of sp³-hybridized carbons (Fsp3) is 0.600. The third-order valence-electron chi connectivity index (χ3n) is 4.84. The Balaban J connectivity index is 1.56. The van der Waals surface area contributed by atoms with E-state index in [-0.39, 0.29) is 17.8 Å². The molecule has 0 saturated heterocycles. The first-order chi connectivity index (χ1) is 13.1. The molecule has 1 amide bonds. The Morgan fingerprint density at radius 1 is 1.26 bits per heavy atom. The van der Waals surface area contributed by atoms with E-state index in [1.807, 2.05) is 0 Å². The van der Waals surface area contributed by atoms with E-state index in [0.29, 0.717) is 38.0 Å². The van der Waals surface area contributed by atoms with Crippen molar-refractivity contribution in [3.05, 3.63) is 30.1 Å². The molecule has 0 radical (unpaired) electrons. The van der Waals surface area contributed by atoms with Crippen molar-refractivity contribution < 1.29 is 18.7 Å². The predicted octanol–water partition coefficient (Wildman–Crippen LogP) is 2.38. The molecule has 2 rings (SSSR count). The van der Waals surface area contributed by atoms with E-state index in [2.05, 4.69) is 10.6 Å². The second-order valence-electron chi connectivity index (χ2n) is 6.89. The van der Waals surface area contributed by atoms with Gasteiger partial charge in [0.1, 0.15) is 18.2 Å². The Morgan fingerprint density at radius 2 is 1.96 bits per heavy atom. The number of carbonyl (C=O) groups excluding carboxylic acids is 1. The molecule has 7 heteroatoms. The summed E-state index contributed by atoms with van der Waals surface area (Å²) in [7, 11) is 1.77. The lowest BCUT2D eigenvalue weighted by Crippen LogP contribution is -2.40. The second kappa shape index (κ2) is 11.7. The first kappa shape index (κ1) is 21.3. The Bertz CT molecular complexity index is 574. The molecule has 1 aliphatic carbocycles. The van der Waals surface area contributed by atoms with Gasteiger partial charge in [-0.05, 0) is 62.9 Å². The molecule has 1 aliphatic rings. The molecule has 1 unspecified atom stereocenters. The van der Waals surface area contributed by atoms with Crippen LogP contribution >= 0.6 is 0 Å². The van der Waals surface area contributed by atoms with Crippen molar-refractivity contribution in [2.24, 2.45) is 11.8 Å². The number of halogens is 1. The van der Waals surface area contributed by atoms with Gasteiger partial charge in [0, 0.05) is 19.3 Å².